The fourth-order valence-electron chi connectivity index (χ4n) is 3.49. The molecule has 0 saturated carbocycles. The first kappa shape index (κ1) is 20.3. The fraction of sp³-hybridized carbons (Fsp3) is 0.240. The van der Waals surface area contributed by atoms with Crippen LogP contribution >= 0.6 is 8.58 Å². The van der Waals surface area contributed by atoms with Crippen molar-refractivity contribution in [3.8, 4) is 5.75 Å². The maximum absolute atomic E-state index is 12.1. The number of aryl methyl sites for hydroxylation is 1. The van der Waals surface area contributed by atoms with E-state index in [1.165, 1.54) is 11.1 Å². The lowest BCUT2D eigenvalue weighted by molar-refractivity contribution is 0.101. The van der Waals surface area contributed by atoms with Gasteiger partial charge in [0.05, 0.1) is 0 Å². The molecule has 3 heteroatoms. The van der Waals surface area contributed by atoms with Crippen molar-refractivity contribution < 1.29 is 9.90 Å². The van der Waals surface area contributed by atoms with Crippen LogP contribution in [0.15, 0.2) is 66.7 Å². The quantitative estimate of drug-likeness (QED) is 0.400. The maximum atomic E-state index is 12.1. The van der Waals surface area contributed by atoms with Crippen LogP contribution in [0.4, 0.5) is 0 Å². The van der Waals surface area contributed by atoms with E-state index in [1.54, 1.807) is 6.92 Å². The van der Waals surface area contributed by atoms with Gasteiger partial charge in [-0.3, -0.25) is 4.79 Å². The number of hydrogen-bond acceptors (Lipinski definition) is 2. The molecule has 3 aromatic rings. The first-order chi connectivity index (χ1) is 13.5. The average Bonchev–Trinajstić information content (AvgIpc) is 2.69. The molecule has 3 aromatic carbocycles. The highest BCUT2D eigenvalue weighted by molar-refractivity contribution is 7.47. The second-order valence-corrected chi connectivity index (χ2v) is 8.79. The number of ketones is 1. The van der Waals surface area contributed by atoms with Crippen molar-refractivity contribution in [1.82, 2.24) is 0 Å². The molecular weight excluding hydrogens is 363 g/mol. The molecule has 0 aliphatic rings. The van der Waals surface area contributed by atoms with Gasteiger partial charge in [0.2, 0.25) is 0 Å². The predicted molar refractivity (Wildman–Crippen MR) is 120 cm³/mol. The normalized spacial score (nSPS) is 12.4. The fourth-order valence-corrected chi connectivity index (χ4v) is 5.04. The number of rotatable bonds is 7. The Morgan fingerprint density at radius 1 is 1.00 bits per heavy atom. The van der Waals surface area contributed by atoms with Crippen molar-refractivity contribution in [3.05, 3.63) is 94.5 Å². The van der Waals surface area contributed by atoms with E-state index in [9.17, 15) is 9.90 Å². The van der Waals surface area contributed by atoms with E-state index in [2.05, 4.69) is 37.3 Å². The van der Waals surface area contributed by atoms with Gasteiger partial charge in [-0.25, -0.2) is 0 Å². The number of Topliss-reactive ketones (excluding diaryl/α,β-unsaturated/α-hetero) is 1. The molecule has 0 fully saturated rings. The number of phenolic OH excluding ortho intramolecular Hbond substituents is 1. The zero-order valence-corrected chi connectivity index (χ0v) is 17.7. The molecule has 0 radical (unpaired) electrons. The third kappa shape index (κ3) is 4.88. The summed E-state index contributed by atoms with van der Waals surface area (Å²) >= 11 is 0. The topological polar surface area (TPSA) is 37.3 Å². The van der Waals surface area contributed by atoms with Gasteiger partial charge in [0.15, 0.2) is 5.78 Å². The first-order valence-corrected chi connectivity index (χ1v) is 10.8. The van der Waals surface area contributed by atoms with Crippen LogP contribution in [0, 0.1) is 6.92 Å². The summed E-state index contributed by atoms with van der Waals surface area (Å²) < 4.78 is 0. The van der Waals surface area contributed by atoms with E-state index in [-0.39, 0.29) is 11.4 Å². The lowest BCUT2D eigenvalue weighted by Crippen LogP contribution is -2.11. The maximum Gasteiger partial charge on any atom is 0.160 e. The van der Waals surface area contributed by atoms with Crippen LogP contribution in [0.2, 0.25) is 0 Å². The van der Waals surface area contributed by atoms with E-state index in [1.807, 2.05) is 43.3 Å². The van der Waals surface area contributed by atoms with Crippen molar-refractivity contribution in [2.24, 2.45) is 0 Å². The zero-order valence-electron chi connectivity index (χ0n) is 16.7. The molecule has 2 unspecified atom stereocenters. The average molecular weight is 390 g/mol. The van der Waals surface area contributed by atoms with E-state index < -0.39 is 0 Å². The Morgan fingerprint density at radius 2 is 1.75 bits per heavy atom. The summed E-state index contributed by atoms with van der Waals surface area (Å²) in [5.41, 5.74) is 5.52. The van der Waals surface area contributed by atoms with Crippen LogP contribution in [0.5, 0.6) is 5.75 Å². The molecule has 0 bridgehead atoms. The number of aromatic hydroxyl groups is 1. The summed E-state index contributed by atoms with van der Waals surface area (Å²) in [5.74, 6) is 0.441. The summed E-state index contributed by atoms with van der Waals surface area (Å²) in [4.78, 5) is 12.1. The van der Waals surface area contributed by atoms with E-state index in [0.717, 1.165) is 34.8 Å². The summed E-state index contributed by atoms with van der Waals surface area (Å²) in [5, 5.41) is 11.6. The molecule has 2 nitrogen and oxygen atoms in total. The third-order valence-electron chi connectivity index (χ3n) is 5.01. The largest absolute Gasteiger partial charge is 0.508 e. The van der Waals surface area contributed by atoms with Crippen molar-refractivity contribution >= 4 is 19.7 Å². The molecule has 28 heavy (non-hydrogen) atoms. The highest BCUT2D eigenvalue weighted by Crippen LogP contribution is 2.42. The molecule has 2 atom stereocenters. The third-order valence-corrected chi connectivity index (χ3v) is 6.83. The first-order valence-electron chi connectivity index (χ1n) is 9.71. The van der Waals surface area contributed by atoms with E-state index >= 15 is 0 Å². The minimum Gasteiger partial charge on any atom is -0.508 e. The van der Waals surface area contributed by atoms with Crippen molar-refractivity contribution in [2.45, 2.75) is 39.3 Å². The van der Waals surface area contributed by atoms with Gasteiger partial charge in [0.1, 0.15) is 5.75 Å². The molecule has 0 heterocycles. The summed E-state index contributed by atoms with van der Waals surface area (Å²) in [7, 11) is 0.441. The highest BCUT2D eigenvalue weighted by Gasteiger charge is 2.18. The van der Waals surface area contributed by atoms with Crippen LogP contribution in [0.1, 0.15) is 58.5 Å². The summed E-state index contributed by atoms with van der Waals surface area (Å²) in [6.45, 7) is 5.78. The predicted octanol–water partition coefficient (Wildman–Crippen LogP) is 5.95. The molecule has 0 saturated heterocycles. The number of benzene rings is 3. The van der Waals surface area contributed by atoms with Gasteiger partial charge in [0.25, 0.3) is 0 Å². The Bertz CT molecular complexity index is 964. The monoisotopic (exact) mass is 390 g/mol. The molecular formula is C25H27O2P. The zero-order chi connectivity index (χ0) is 20.1. The Balaban J connectivity index is 1.90. The molecule has 1 N–H and O–H groups in total. The molecule has 3 rings (SSSR count). The molecule has 0 aliphatic heterocycles. The lowest BCUT2D eigenvalue weighted by atomic mass is 10.00. The van der Waals surface area contributed by atoms with Crippen molar-refractivity contribution in [1.29, 1.82) is 0 Å². The SMILES string of the molecule is CCC(Pc1ccc(C)cc1C(C)=O)c1cc(Cc2ccccc2)ccc1O. The van der Waals surface area contributed by atoms with E-state index in [0.29, 0.717) is 14.3 Å². The second-order valence-electron chi connectivity index (χ2n) is 7.27. The minimum atomic E-state index is 0.100. The number of carbonyl (C=O) groups excluding carboxylic acids is 1. The van der Waals surface area contributed by atoms with Crippen LogP contribution in [0.25, 0.3) is 0 Å². The lowest BCUT2D eigenvalue weighted by Gasteiger charge is -2.20. The molecule has 0 aliphatic carbocycles. The number of phenols is 1. The summed E-state index contributed by atoms with van der Waals surface area (Å²) in [6.07, 6.45) is 1.75. The van der Waals surface area contributed by atoms with Crippen LogP contribution in [0.3, 0.4) is 0 Å². The molecule has 0 aromatic heterocycles. The van der Waals surface area contributed by atoms with Gasteiger partial charge >= 0.3 is 0 Å². The molecule has 0 spiro atoms. The van der Waals surface area contributed by atoms with Gasteiger partial charge in [-0.2, -0.15) is 0 Å². The van der Waals surface area contributed by atoms with Crippen molar-refractivity contribution in [3.63, 3.8) is 0 Å². The highest BCUT2D eigenvalue weighted by atomic mass is 31.1. The second kappa shape index (κ2) is 9.17. The minimum absolute atomic E-state index is 0.100. The van der Waals surface area contributed by atoms with E-state index in [4.69, 9.17) is 0 Å². The van der Waals surface area contributed by atoms with Crippen LogP contribution < -0.4 is 5.30 Å². The number of carbonyl (C=O) groups is 1. The Hall–Kier alpha value is -2.44. The molecule has 144 valence electrons. The Morgan fingerprint density at radius 3 is 2.43 bits per heavy atom. The Kier molecular flexibility index (Phi) is 6.65. The van der Waals surface area contributed by atoms with Crippen molar-refractivity contribution in [2.75, 3.05) is 0 Å². The smallest absolute Gasteiger partial charge is 0.160 e. The number of hydrogen-bond donors (Lipinski definition) is 1. The standard InChI is InChI=1S/C25H27O2P/c1-4-24(28-25-13-10-17(2)14-21(25)18(3)26)22-16-20(11-12-23(22)27)15-19-8-6-5-7-9-19/h5-14,16,24,27-28H,4,15H2,1-3H3. The van der Waals surface area contributed by atoms with Gasteiger partial charge in [-0.05, 0) is 55.3 Å². The van der Waals surface area contributed by atoms with Gasteiger partial charge < -0.3 is 5.11 Å². The van der Waals surface area contributed by atoms with Gasteiger partial charge in [-0.15, -0.1) is 0 Å². The van der Waals surface area contributed by atoms with Gasteiger partial charge in [-0.1, -0.05) is 75.7 Å². The Labute approximate surface area is 169 Å². The van der Waals surface area contributed by atoms with Crippen LogP contribution in [-0.2, 0) is 6.42 Å². The van der Waals surface area contributed by atoms with Gasteiger partial charge in [0, 0.05) is 16.8 Å². The summed E-state index contributed by atoms with van der Waals surface area (Å²) in [6, 6.07) is 22.4. The van der Waals surface area contributed by atoms with Crippen LogP contribution in [-0.4, -0.2) is 10.9 Å². The molecule has 0 amide bonds.